The van der Waals surface area contributed by atoms with Crippen LogP contribution < -0.4 is 11.1 Å². The number of aromatic nitrogens is 2. The number of hydrogen-bond donors (Lipinski definition) is 2. The average molecular weight is 463 g/mol. The fourth-order valence-corrected chi connectivity index (χ4v) is 5.35. The number of rotatable bonds is 4. The van der Waals surface area contributed by atoms with Crippen molar-refractivity contribution in [3.05, 3.63) is 111 Å². The van der Waals surface area contributed by atoms with Crippen LogP contribution in [0.3, 0.4) is 0 Å². The van der Waals surface area contributed by atoms with E-state index in [-0.39, 0.29) is 18.1 Å². The molecule has 35 heavy (non-hydrogen) atoms. The van der Waals surface area contributed by atoms with E-state index in [4.69, 9.17) is 10.5 Å². The Hall–Kier alpha value is -4.03. The van der Waals surface area contributed by atoms with Crippen molar-refractivity contribution < 1.29 is 9.53 Å². The summed E-state index contributed by atoms with van der Waals surface area (Å²) in [6.07, 6.45) is 3.46. The van der Waals surface area contributed by atoms with Gasteiger partial charge in [0.25, 0.3) is 5.91 Å². The molecular formula is C29H26N4O2. The van der Waals surface area contributed by atoms with Crippen LogP contribution in [-0.4, -0.2) is 15.9 Å². The van der Waals surface area contributed by atoms with Crippen molar-refractivity contribution in [1.29, 1.82) is 0 Å². The number of nitrogens with two attached hydrogens (primary N) is 1. The van der Waals surface area contributed by atoms with Crippen LogP contribution >= 0.6 is 0 Å². The molecule has 1 amide bonds. The summed E-state index contributed by atoms with van der Waals surface area (Å²) < 4.78 is 6.37. The third-order valence-corrected chi connectivity index (χ3v) is 7.19. The second-order valence-corrected chi connectivity index (χ2v) is 9.38. The van der Waals surface area contributed by atoms with Crippen molar-refractivity contribution >= 4 is 11.7 Å². The zero-order valence-electron chi connectivity index (χ0n) is 19.9. The molecule has 0 fully saturated rings. The number of ether oxygens (including phenoxy) is 1. The first-order valence-electron chi connectivity index (χ1n) is 11.8. The van der Waals surface area contributed by atoms with Crippen LogP contribution in [0.2, 0.25) is 0 Å². The first-order chi connectivity index (χ1) is 16.9. The minimum atomic E-state index is -0.166. The number of carbonyl (C=O) groups excluding carboxylic acids is 1. The molecular weight excluding hydrogens is 436 g/mol. The number of fused-ring (bicyclic) bond motifs is 8. The second-order valence-electron chi connectivity index (χ2n) is 9.38. The predicted molar refractivity (Wildman–Crippen MR) is 135 cm³/mol. The van der Waals surface area contributed by atoms with Crippen LogP contribution in [0.15, 0.2) is 60.9 Å². The van der Waals surface area contributed by atoms with Gasteiger partial charge in [-0.2, -0.15) is 0 Å². The molecule has 6 rings (SSSR count). The quantitative estimate of drug-likeness (QED) is 0.440. The number of nitrogens with one attached hydrogen (secondary N) is 1. The molecule has 0 saturated heterocycles. The molecule has 2 bridgehead atoms. The van der Waals surface area contributed by atoms with E-state index >= 15 is 0 Å². The Morgan fingerprint density at radius 3 is 2.46 bits per heavy atom. The molecule has 0 radical (unpaired) electrons. The summed E-state index contributed by atoms with van der Waals surface area (Å²) in [5.74, 6) is 0.372. The Bertz CT molecular complexity index is 1490. The standard InChI is InChI=1S/C29H26N4O2/c1-15-8-9-31-13-25(15)18-4-6-20-22(11-18)28-23-12-19(5-7-21(23)27(20)35-28)29(34)32-14-24-16(2)10-26(30)33-17(24)3/h4-13,27-28H,14H2,1-3H3,(H2,30,33)(H,32,34). The average Bonchev–Trinajstić information content (AvgIpc) is 3.40. The Balaban J connectivity index is 1.27. The Morgan fingerprint density at radius 2 is 1.69 bits per heavy atom. The Labute approximate surface area is 204 Å². The van der Waals surface area contributed by atoms with Crippen molar-refractivity contribution in [2.24, 2.45) is 0 Å². The monoisotopic (exact) mass is 462 g/mol. The molecule has 0 spiro atoms. The highest BCUT2D eigenvalue weighted by molar-refractivity contribution is 5.94. The molecule has 4 heterocycles. The van der Waals surface area contributed by atoms with Gasteiger partial charge in [-0.25, -0.2) is 4.98 Å². The highest BCUT2D eigenvalue weighted by atomic mass is 16.5. The molecule has 2 atom stereocenters. The maximum absolute atomic E-state index is 13.0. The summed E-state index contributed by atoms with van der Waals surface area (Å²) in [7, 11) is 0. The SMILES string of the molecule is Cc1ccncc1-c1ccc2c(c1)C1OC2c2ccc(C(=O)NCc3c(C)cc(N)nc3C)cc21. The number of amides is 1. The smallest absolute Gasteiger partial charge is 0.251 e. The number of pyridine rings is 2. The molecule has 3 N–H and O–H groups in total. The van der Waals surface area contributed by atoms with E-state index in [0.717, 1.165) is 39.1 Å². The number of aryl methyl sites for hydroxylation is 3. The van der Waals surface area contributed by atoms with Gasteiger partial charge in [-0.05, 0) is 95.6 Å². The Morgan fingerprint density at radius 1 is 0.943 bits per heavy atom. The minimum absolute atomic E-state index is 0.0858. The van der Waals surface area contributed by atoms with Gasteiger partial charge in [0.15, 0.2) is 0 Å². The first-order valence-corrected chi connectivity index (χ1v) is 11.8. The van der Waals surface area contributed by atoms with Crippen molar-refractivity contribution in [3.63, 3.8) is 0 Å². The first kappa shape index (κ1) is 21.5. The van der Waals surface area contributed by atoms with Crippen LogP contribution in [0.5, 0.6) is 0 Å². The summed E-state index contributed by atoms with van der Waals surface area (Å²) in [5.41, 5.74) is 17.3. The second kappa shape index (κ2) is 8.03. The summed E-state index contributed by atoms with van der Waals surface area (Å²) >= 11 is 0. The molecule has 0 aliphatic carbocycles. The van der Waals surface area contributed by atoms with Crippen molar-refractivity contribution in [1.82, 2.24) is 15.3 Å². The van der Waals surface area contributed by atoms with Crippen LogP contribution in [0, 0.1) is 20.8 Å². The van der Waals surface area contributed by atoms with E-state index in [1.54, 1.807) is 0 Å². The lowest BCUT2D eigenvalue weighted by atomic mass is 9.83. The summed E-state index contributed by atoms with van der Waals surface area (Å²) in [5, 5.41) is 3.04. The number of carbonyl (C=O) groups is 1. The minimum Gasteiger partial charge on any atom is -0.384 e. The number of benzene rings is 2. The molecule has 174 valence electrons. The van der Waals surface area contributed by atoms with Crippen LogP contribution in [0.4, 0.5) is 5.82 Å². The van der Waals surface area contributed by atoms with Gasteiger partial charge < -0.3 is 15.8 Å². The molecule has 2 aliphatic heterocycles. The van der Waals surface area contributed by atoms with Gasteiger partial charge in [-0.3, -0.25) is 9.78 Å². The predicted octanol–water partition coefficient (Wildman–Crippen LogP) is 5.10. The molecule has 4 aromatic rings. The molecule has 0 saturated carbocycles. The van der Waals surface area contributed by atoms with Crippen LogP contribution in [0.1, 0.15) is 67.2 Å². The third kappa shape index (κ3) is 3.49. The van der Waals surface area contributed by atoms with Gasteiger partial charge >= 0.3 is 0 Å². The van der Waals surface area contributed by atoms with Gasteiger partial charge in [0.1, 0.15) is 18.0 Å². The maximum atomic E-state index is 13.0. The number of nitrogen functional groups attached to an aromatic ring is 1. The summed E-state index contributed by atoms with van der Waals surface area (Å²) in [6, 6.07) is 16.2. The number of hydrogen-bond acceptors (Lipinski definition) is 5. The number of anilines is 1. The fraction of sp³-hybridized carbons (Fsp3) is 0.207. The molecule has 6 nitrogen and oxygen atoms in total. The Kier molecular flexibility index (Phi) is 4.93. The van der Waals surface area contributed by atoms with E-state index in [0.29, 0.717) is 17.9 Å². The van der Waals surface area contributed by atoms with Crippen molar-refractivity contribution in [3.8, 4) is 11.1 Å². The molecule has 2 aromatic heterocycles. The highest BCUT2D eigenvalue weighted by Crippen LogP contribution is 2.54. The van der Waals surface area contributed by atoms with E-state index in [2.05, 4.69) is 40.4 Å². The van der Waals surface area contributed by atoms with E-state index in [9.17, 15) is 4.79 Å². The van der Waals surface area contributed by atoms with E-state index in [1.165, 1.54) is 16.7 Å². The van der Waals surface area contributed by atoms with Crippen LogP contribution in [0.25, 0.3) is 11.1 Å². The van der Waals surface area contributed by atoms with Crippen molar-refractivity contribution in [2.75, 3.05) is 5.73 Å². The van der Waals surface area contributed by atoms with Gasteiger partial charge in [0.2, 0.25) is 0 Å². The lowest BCUT2D eigenvalue weighted by molar-refractivity contribution is 0.0857. The fourth-order valence-electron chi connectivity index (χ4n) is 5.35. The van der Waals surface area contributed by atoms with Gasteiger partial charge in [0.05, 0.1) is 0 Å². The molecule has 2 aliphatic rings. The van der Waals surface area contributed by atoms with Gasteiger partial charge in [-0.1, -0.05) is 18.2 Å². The molecule has 2 unspecified atom stereocenters. The lowest BCUT2D eigenvalue weighted by Gasteiger charge is -2.18. The van der Waals surface area contributed by atoms with Gasteiger partial charge in [0, 0.05) is 35.8 Å². The lowest BCUT2D eigenvalue weighted by Crippen LogP contribution is -2.24. The zero-order chi connectivity index (χ0) is 24.3. The normalized spacial score (nSPS) is 17.2. The third-order valence-electron chi connectivity index (χ3n) is 7.19. The molecule has 2 aromatic carbocycles. The summed E-state index contributed by atoms with van der Waals surface area (Å²) in [4.78, 5) is 21.7. The van der Waals surface area contributed by atoms with E-state index < -0.39 is 0 Å². The highest BCUT2D eigenvalue weighted by Gasteiger charge is 2.43. The van der Waals surface area contributed by atoms with Crippen molar-refractivity contribution in [2.45, 2.75) is 39.5 Å². The summed E-state index contributed by atoms with van der Waals surface area (Å²) in [6.45, 7) is 6.39. The topological polar surface area (TPSA) is 90.1 Å². The largest absolute Gasteiger partial charge is 0.384 e. The number of nitrogens with zero attached hydrogens (tertiary/aromatic N) is 2. The molecule has 6 heteroatoms. The van der Waals surface area contributed by atoms with E-state index in [1.807, 2.05) is 56.6 Å². The maximum Gasteiger partial charge on any atom is 0.251 e. The zero-order valence-corrected chi connectivity index (χ0v) is 19.9. The van der Waals surface area contributed by atoms with Crippen LogP contribution in [-0.2, 0) is 11.3 Å². The van der Waals surface area contributed by atoms with Gasteiger partial charge in [-0.15, -0.1) is 0 Å².